The van der Waals surface area contributed by atoms with Gasteiger partial charge in [0, 0.05) is 44.8 Å². The molecule has 0 spiro atoms. The Balaban J connectivity index is 0.00000353. The zero-order valence-electron chi connectivity index (χ0n) is 24.5. The summed E-state index contributed by atoms with van der Waals surface area (Å²) in [5.74, 6) is 1.52. The van der Waals surface area contributed by atoms with E-state index in [4.69, 9.17) is 9.97 Å². The maximum Gasteiger partial charge on any atom is 0.140 e. The van der Waals surface area contributed by atoms with Crippen LogP contribution in [-0.2, 0) is 21.1 Å². The van der Waals surface area contributed by atoms with Crippen LogP contribution in [0, 0.1) is 13.0 Å². The number of fused-ring (bicyclic) bond motifs is 1. The number of aromatic nitrogens is 3. The standard InChI is InChI=1S/C37H34N3O.Pt/c1-23(2)30-13-9-14-31(24(3)4)36(30)40-22-34(39-37(40)32-12-6-7-15-35(32)41)28-11-8-10-27(19-28)33-20-26-17-16-25(5)18-29(26)21-38-33;/h6-18,20-24,41H,1-5H3;/q-1;. The molecule has 4 nitrogen and oxygen atoms in total. The number of hydrogen-bond donors (Lipinski definition) is 1. The van der Waals surface area contributed by atoms with Gasteiger partial charge in [0.1, 0.15) is 11.6 Å². The number of aromatic hydroxyl groups is 1. The van der Waals surface area contributed by atoms with Gasteiger partial charge in [0.15, 0.2) is 0 Å². The average molecular weight is 732 g/mol. The molecule has 0 atom stereocenters. The number of hydrogen-bond acceptors (Lipinski definition) is 3. The van der Waals surface area contributed by atoms with Crippen LogP contribution in [0.2, 0.25) is 0 Å². The van der Waals surface area contributed by atoms with E-state index in [0.29, 0.717) is 23.2 Å². The van der Waals surface area contributed by atoms with Gasteiger partial charge in [-0.1, -0.05) is 92.9 Å². The zero-order chi connectivity index (χ0) is 28.7. The Hall–Kier alpha value is -4.01. The van der Waals surface area contributed by atoms with Gasteiger partial charge >= 0.3 is 0 Å². The van der Waals surface area contributed by atoms with Crippen LogP contribution >= 0.6 is 0 Å². The minimum atomic E-state index is 0. The molecule has 42 heavy (non-hydrogen) atoms. The number of aryl methyl sites for hydroxylation is 1. The van der Waals surface area contributed by atoms with E-state index in [1.54, 1.807) is 6.07 Å². The third kappa shape index (κ3) is 5.56. The van der Waals surface area contributed by atoms with Crippen molar-refractivity contribution >= 4 is 10.8 Å². The summed E-state index contributed by atoms with van der Waals surface area (Å²) in [7, 11) is 0. The van der Waals surface area contributed by atoms with Gasteiger partial charge in [-0.05, 0) is 58.9 Å². The fraction of sp³-hybridized carbons (Fsp3) is 0.189. The van der Waals surface area contributed by atoms with Crippen molar-refractivity contribution in [3.05, 3.63) is 120 Å². The van der Waals surface area contributed by atoms with Crippen LogP contribution in [0.4, 0.5) is 0 Å². The number of para-hydroxylation sites is 2. The molecule has 6 aromatic rings. The molecule has 0 saturated carbocycles. The maximum absolute atomic E-state index is 10.9. The van der Waals surface area contributed by atoms with Crippen molar-refractivity contribution in [3.8, 4) is 45.3 Å². The molecule has 0 saturated heterocycles. The minimum absolute atomic E-state index is 0. The molecule has 0 unspecified atom stereocenters. The zero-order valence-corrected chi connectivity index (χ0v) is 26.8. The van der Waals surface area contributed by atoms with E-state index in [1.807, 2.05) is 42.6 Å². The summed E-state index contributed by atoms with van der Waals surface area (Å²) in [4.78, 5) is 9.89. The molecule has 0 aliphatic carbocycles. The van der Waals surface area contributed by atoms with Crippen molar-refractivity contribution in [2.45, 2.75) is 46.5 Å². The van der Waals surface area contributed by atoms with E-state index in [-0.39, 0.29) is 26.8 Å². The minimum Gasteiger partial charge on any atom is -0.507 e. The normalized spacial score (nSPS) is 11.3. The molecule has 5 heteroatoms. The largest absolute Gasteiger partial charge is 0.507 e. The van der Waals surface area contributed by atoms with Crippen LogP contribution in [0.15, 0.2) is 97.3 Å². The Morgan fingerprint density at radius 2 is 1.40 bits per heavy atom. The quantitative estimate of drug-likeness (QED) is 0.174. The number of phenolic OH excluding ortho intramolecular Hbond substituents is 1. The van der Waals surface area contributed by atoms with Gasteiger partial charge in [-0.15, -0.1) is 24.3 Å². The third-order valence-corrected chi connectivity index (χ3v) is 7.66. The number of rotatable bonds is 6. The smallest absolute Gasteiger partial charge is 0.140 e. The van der Waals surface area contributed by atoms with Gasteiger partial charge in [0.25, 0.3) is 0 Å². The van der Waals surface area contributed by atoms with Crippen molar-refractivity contribution in [2.75, 3.05) is 0 Å². The van der Waals surface area contributed by atoms with Gasteiger partial charge in [-0.25, -0.2) is 0 Å². The van der Waals surface area contributed by atoms with E-state index in [9.17, 15) is 5.11 Å². The second-order valence-corrected chi connectivity index (χ2v) is 11.3. The third-order valence-electron chi connectivity index (χ3n) is 7.66. The molecular weight excluding hydrogens is 698 g/mol. The fourth-order valence-corrected chi connectivity index (χ4v) is 5.50. The summed E-state index contributed by atoms with van der Waals surface area (Å²) in [6, 6.07) is 32.2. The first-order valence-electron chi connectivity index (χ1n) is 14.2. The van der Waals surface area contributed by atoms with Crippen molar-refractivity contribution in [3.63, 3.8) is 0 Å². The van der Waals surface area contributed by atoms with Crippen molar-refractivity contribution in [2.24, 2.45) is 0 Å². The second-order valence-electron chi connectivity index (χ2n) is 11.3. The number of nitrogens with zero attached hydrogens (tertiary/aromatic N) is 3. The molecule has 0 aliphatic heterocycles. The fourth-order valence-electron chi connectivity index (χ4n) is 5.50. The molecule has 0 amide bonds. The molecule has 4 aromatic carbocycles. The van der Waals surface area contributed by atoms with Crippen molar-refractivity contribution in [1.29, 1.82) is 0 Å². The van der Waals surface area contributed by atoms with Crippen molar-refractivity contribution < 1.29 is 26.2 Å². The summed E-state index contributed by atoms with van der Waals surface area (Å²) < 4.78 is 2.16. The Labute approximate surface area is 262 Å². The molecule has 214 valence electrons. The SMILES string of the molecule is Cc1ccc2cc(-c3[c-]c(-c4cn(-c5c(C(C)C)cccc5C(C)C)c(-c5ccccc5O)n4)ccc3)ncc2c1.[Pt]. The molecule has 2 aromatic heterocycles. The summed E-state index contributed by atoms with van der Waals surface area (Å²) >= 11 is 0. The van der Waals surface area contributed by atoms with E-state index in [0.717, 1.165) is 39.0 Å². The predicted octanol–water partition coefficient (Wildman–Crippen LogP) is 9.48. The number of phenols is 1. The van der Waals surface area contributed by atoms with Gasteiger partial charge in [0.05, 0.1) is 11.3 Å². The summed E-state index contributed by atoms with van der Waals surface area (Å²) in [5, 5.41) is 13.2. The predicted molar refractivity (Wildman–Crippen MR) is 169 cm³/mol. The summed E-state index contributed by atoms with van der Waals surface area (Å²) in [6.07, 6.45) is 4.01. The number of benzene rings is 4. The van der Waals surface area contributed by atoms with Gasteiger partial charge in [-0.3, -0.25) is 9.97 Å². The summed E-state index contributed by atoms with van der Waals surface area (Å²) in [6.45, 7) is 11.0. The maximum atomic E-state index is 10.9. The Morgan fingerprint density at radius 1 is 0.738 bits per heavy atom. The molecule has 0 aliphatic rings. The Kier molecular flexibility index (Phi) is 8.48. The average Bonchev–Trinajstić information content (AvgIpc) is 3.41. The Bertz CT molecular complexity index is 1860. The topological polar surface area (TPSA) is 50.9 Å². The summed E-state index contributed by atoms with van der Waals surface area (Å²) in [5.41, 5.74) is 8.95. The van der Waals surface area contributed by atoms with Crippen LogP contribution < -0.4 is 0 Å². The molecule has 0 radical (unpaired) electrons. The van der Waals surface area contributed by atoms with Crippen LogP contribution in [0.1, 0.15) is 56.2 Å². The molecule has 6 rings (SSSR count). The first-order chi connectivity index (χ1) is 19.8. The molecule has 0 bridgehead atoms. The van der Waals surface area contributed by atoms with Gasteiger partial charge < -0.3 is 9.67 Å². The van der Waals surface area contributed by atoms with E-state index in [2.05, 4.69) is 93.9 Å². The number of pyridine rings is 1. The van der Waals surface area contributed by atoms with E-state index >= 15 is 0 Å². The van der Waals surface area contributed by atoms with Crippen molar-refractivity contribution in [1.82, 2.24) is 14.5 Å². The van der Waals surface area contributed by atoms with E-state index in [1.165, 1.54) is 16.7 Å². The number of imidazole rings is 1. The van der Waals surface area contributed by atoms with E-state index < -0.39 is 0 Å². The van der Waals surface area contributed by atoms with Crippen LogP contribution in [-0.4, -0.2) is 19.6 Å². The van der Waals surface area contributed by atoms with Crippen LogP contribution in [0.5, 0.6) is 5.75 Å². The Morgan fingerprint density at radius 3 is 2.10 bits per heavy atom. The molecule has 2 heterocycles. The molecule has 0 fully saturated rings. The molecular formula is C37H34N3OPt-. The monoisotopic (exact) mass is 731 g/mol. The van der Waals surface area contributed by atoms with Crippen LogP contribution in [0.25, 0.3) is 50.4 Å². The van der Waals surface area contributed by atoms with Crippen LogP contribution in [0.3, 0.4) is 0 Å². The van der Waals surface area contributed by atoms with Gasteiger partial charge in [0.2, 0.25) is 0 Å². The van der Waals surface area contributed by atoms with Gasteiger partial charge in [-0.2, -0.15) is 0 Å². The molecule has 1 N–H and O–H groups in total. The first kappa shape index (κ1) is 29.5. The second kappa shape index (κ2) is 12.1. The first-order valence-corrected chi connectivity index (χ1v) is 14.2.